The largest absolute Gasteiger partial charge is 0.496 e. The summed E-state index contributed by atoms with van der Waals surface area (Å²) in [5.41, 5.74) is 4.05. The van der Waals surface area contributed by atoms with E-state index >= 15 is 0 Å². The monoisotopic (exact) mass is 458 g/mol. The average Bonchev–Trinajstić information content (AvgIpc) is 2.53. The van der Waals surface area contributed by atoms with E-state index in [1.165, 1.54) is 0 Å². The minimum Gasteiger partial charge on any atom is -0.496 e. The SMILES string of the molecule is COc1c(C)cc(P(=O)(CI)c2cc(C)c(OC)c(C)c2)cc1C. The molecule has 24 heavy (non-hydrogen) atoms. The maximum absolute atomic E-state index is 13.9. The van der Waals surface area contributed by atoms with Crippen LogP contribution in [-0.4, -0.2) is 18.4 Å². The molecule has 0 aliphatic rings. The van der Waals surface area contributed by atoms with Crippen LogP contribution < -0.4 is 20.1 Å². The van der Waals surface area contributed by atoms with Crippen LogP contribution in [0.5, 0.6) is 11.5 Å². The fourth-order valence-electron chi connectivity index (χ4n) is 3.20. The van der Waals surface area contributed by atoms with E-state index in [0.717, 1.165) is 44.4 Å². The van der Waals surface area contributed by atoms with Crippen LogP contribution in [0.25, 0.3) is 0 Å². The summed E-state index contributed by atoms with van der Waals surface area (Å²) in [6.45, 7) is 7.99. The van der Waals surface area contributed by atoms with Crippen LogP contribution in [0.15, 0.2) is 24.3 Å². The molecule has 0 saturated heterocycles. The number of benzene rings is 2. The number of hydrogen-bond donors (Lipinski definition) is 0. The van der Waals surface area contributed by atoms with Gasteiger partial charge in [-0.2, -0.15) is 0 Å². The minimum atomic E-state index is -2.70. The highest BCUT2D eigenvalue weighted by Crippen LogP contribution is 2.47. The zero-order chi connectivity index (χ0) is 18.1. The lowest BCUT2D eigenvalue weighted by molar-refractivity contribution is 0.408. The maximum Gasteiger partial charge on any atom is 0.152 e. The Morgan fingerprint density at radius 3 is 1.29 bits per heavy atom. The second-order valence-corrected chi connectivity index (χ2v) is 10.9. The summed E-state index contributed by atoms with van der Waals surface area (Å²) in [6.07, 6.45) is 0. The second kappa shape index (κ2) is 7.49. The van der Waals surface area contributed by atoms with Crippen LogP contribution in [0.4, 0.5) is 0 Å². The average molecular weight is 458 g/mol. The van der Waals surface area contributed by atoms with Crippen molar-refractivity contribution < 1.29 is 14.0 Å². The molecule has 2 aromatic rings. The van der Waals surface area contributed by atoms with Crippen LogP contribution in [0, 0.1) is 27.7 Å². The number of ether oxygens (including phenoxy) is 2. The van der Waals surface area contributed by atoms with Crippen molar-refractivity contribution in [2.75, 3.05) is 18.4 Å². The third-order valence-electron chi connectivity index (χ3n) is 4.30. The van der Waals surface area contributed by atoms with Crippen molar-refractivity contribution in [2.24, 2.45) is 0 Å². The summed E-state index contributed by atoms with van der Waals surface area (Å²) in [6, 6.07) is 8.00. The van der Waals surface area contributed by atoms with Gasteiger partial charge in [-0.05, 0) is 74.2 Å². The lowest BCUT2D eigenvalue weighted by Gasteiger charge is -2.21. The zero-order valence-electron chi connectivity index (χ0n) is 15.1. The lowest BCUT2D eigenvalue weighted by Crippen LogP contribution is -2.19. The molecule has 0 radical (unpaired) electrons. The van der Waals surface area contributed by atoms with Crippen LogP contribution >= 0.6 is 29.7 Å². The van der Waals surface area contributed by atoms with Crippen molar-refractivity contribution in [1.82, 2.24) is 0 Å². The van der Waals surface area contributed by atoms with Gasteiger partial charge in [-0.15, -0.1) is 0 Å². The highest BCUT2D eigenvalue weighted by Gasteiger charge is 2.28. The molecule has 0 fully saturated rings. The topological polar surface area (TPSA) is 35.5 Å². The van der Waals surface area contributed by atoms with Crippen molar-refractivity contribution >= 4 is 40.3 Å². The normalized spacial score (nSPS) is 11.5. The van der Waals surface area contributed by atoms with E-state index in [0.29, 0.717) is 4.17 Å². The van der Waals surface area contributed by atoms with Gasteiger partial charge in [0.1, 0.15) is 11.5 Å². The fourth-order valence-corrected chi connectivity index (χ4v) is 7.75. The Kier molecular flexibility index (Phi) is 6.03. The first-order valence-electron chi connectivity index (χ1n) is 7.75. The van der Waals surface area contributed by atoms with Crippen LogP contribution in [-0.2, 0) is 4.57 Å². The van der Waals surface area contributed by atoms with Crippen LogP contribution in [0.1, 0.15) is 22.3 Å². The van der Waals surface area contributed by atoms with Gasteiger partial charge in [0, 0.05) is 10.6 Å². The number of alkyl halides is 1. The number of aryl methyl sites for hydroxylation is 4. The van der Waals surface area contributed by atoms with Gasteiger partial charge >= 0.3 is 0 Å². The molecule has 0 spiro atoms. The van der Waals surface area contributed by atoms with Crippen LogP contribution in [0.3, 0.4) is 0 Å². The Hall–Kier alpha value is -1.00. The molecule has 0 bridgehead atoms. The van der Waals surface area contributed by atoms with E-state index in [9.17, 15) is 4.57 Å². The Morgan fingerprint density at radius 2 is 1.08 bits per heavy atom. The Morgan fingerprint density at radius 1 is 0.792 bits per heavy atom. The molecule has 0 N–H and O–H groups in total. The third kappa shape index (κ3) is 3.36. The Labute approximate surface area is 158 Å². The number of methoxy groups -OCH3 is 2. The van der Waals surface area contributed by atoms with E-state index in [1.807, 2.05) is 52.0 Å². The van der Waals surface area contributed by atoms with E-state index in [2.05, 4.69) is 22.6 Å². The maximum atomic E-state index is 13.9. The third-order valence-corrected chi connectivity index (χ3v) is 9.70. The predicted molar refractivity (Wildman–Crippen MR) is 111 cm³/mol. The quantitative estimate of drug-likeness (QED) is 0.372. The summed E-state index contributed by atoms with van der Waals surface area (Å²) in [5.74, 6) is 1.72. The van der Waals surface area contributed by atoms with E-state index in [4.69, 9.17) is 9.47 Å². The molecule has 2 aromatic carbocycles. The van der Waals surface area contributed by atoms with Gasteiger partial charge in [-0.25, -0.2) is 0 Å². The van der Waals surface area contributed by atoms with Crippen molar-refractivity contribution in [1.29, 1.82) is 0 Å². The van der Waals surface area contributed by atoms with E-state index in [1.54, 1.807) is 14.2 Å². The molecule has 0 aliphatic heterocycles. The van der Waals surface area contributed by atoms with E-state index in [-0.39, 0.29) is 0 Å². The molecule has 0 atom stereocenters. The molecule has 0 heterocycles. The highest BCUT2D eigenvalue weighted by molar-refractivity contribution is 14.1. The second-order valence-electron chi connectivity index (χ2n) is 6.08. The molecule has 5 heteroatoms. The highest BCUT2D eigenvalue weighted by atomic mass is 127. The van der Waals surface area contributed by atoms with Gasteiger partial charge in [-0.3, -0.25) is 0 Å². The number of rotatable bonds is 5. The molecule has 0 saturated carbocycles. The van der Waals surface area contributed by atoms with Gasteiger partial charge in [-0.1, -0.05) is 22.6 Å². The molecular formula is C19H24IO3P. The predicted octanol–water partition coefficient (Wildman–Crippen LogP) is 4.64. The van der Waals surface area contributed by atoms with Gasteiger partial charge < -0.3 is 14.0 Å². The number of halogens is 1. The summed E-state index contributed by atoms with van der Waals surface area (Å²) in [7, 11) is 0.642. The van der Waals surface area contributed by atoms with Gasteiger partial charge in [0.2, 0.25) is 0 Å². The fraction of sp³-hybridized carbons (Fsp3) is 0.368. The molecule has 0 aromatic heterocycles. The Balaban J connectivity index is 2.68. The van der Waals surface area contributed by atoms with E-state index < -0.39 is 7.14 Å². The first-order valence-corrected chi connectivity index (χ1v) is 11.2. The lowest BCUT2D eigenvalue weighted by atomic mass is 10.1. The molecule has 0 aliphatic carbocycles. The molecule has 0 amide bonds. The smallest absolute Gasteiger partial charge is 0.152 e. The molecule has 3 nitrogen and oxygen atoms in total. The Bertz CT molecular complexity index is 705. The van der Waals surface area contributed by atoms with Gasteiger partial charge in [0.05, 0.1) is 18.4 Å². The molecule has 2 rings (SSSR count). The summed E-state index contributed by atoms with van der Waals surface area (Å²) in [5, 5.41) is 1.77. The van der Waals surface area contributed by atoms with Gasteiger partial charge in [0.15, 0.2) is 7.14 Å². The first-order chi connectivity index (χ1) is 11.3. The molecule has 0 unspecified atom stereocenters. The minimum absolute atomic E-state index is 0.557. The van der Waals surface area contributed by atoms with Crippen molar-refractivity contribution in [2.45, 2.75) is 27.7 Å². The molecular weight excluding hydrogens is 434 g/mol. The standard InChI is InChI=1S/C19H24IO3P/c1-12-7-16(8-13(2)18(12)22-5)24(21,11-20)17-9-14(3)19(23-6)15(4)10-17/h7-10H,11H2,1-6H3. The summed E-state index contributed by atoms with van der Waals surface area (Å²) >= 11 is 2.23. The summed E-state index contributed by atoms with van der Waals surface area (Å²) < 4.78 is 25.3. The zero-order valence-corrected chi connectivity index (χ0v) is 18.1. The first kappa shape index (κ1) is 19.3. The van der Waals surface area contributed by atoms with Crippen molar-refractivity contribution in [3.63, 3.8) is 0 Å². The summed E-state index contributed by atoms with van der Waals surface area (Å²) in [4.78, 5) is 0. The van der Waals surface area contributed by atoms with Gasteiger partial charge in [0.25, 0.3) is 0 Å². The molecule has 130 valence electrons. The van der Waals surface area contributed by atoms with Crippen LogP contribution in [0.2, 0.25) is 0 Å². The number of hydrogen-bond acceptors (Lipinski definition) is 3. The van der Waals surface area contributed by atoms with Crippen molar-refractivity contribution in [3.8, 4) is 11.5 Å². The van der Waals surface area contributed by atoms with Crippen molar-refractivity contribution in [3.05, 3.63) is 46.5 Å².